The lowest BCUT2D eigenvalue weighted by Crippen LogP contribution is -2.10. The number of rotatable bonds is 2. The van der Waals surface area contributed by atoms with E-state index in [1.807, 2.05) is 0 Å². The maximum absolute atomic E-state index is 6.57. The van der Waals surface area contributed by atoms with Crippen molar-refractivity contribution in [2.24, 2.45) is 0 Å². The third kappa shape index (κ3) is 3.69. The van der Waals surface area contributed by atoms with Crippen molar-refractivity contribution < 1.29 is 4.74 Å². The molecule has 0 unspecified atom stereocenters. The molecule has 1 aliphatic rings. The van der Waals surface area contributed by atoms with Crippen LogP contribution in [0.25, 0.3) is 65.7 Å². The molecule has 0 spiro atoms. The topological polar surface area (TPSA) is 9.23 Å². The van der Waals surface area contributed by atoms with Gasteiger partial charge in [-0.05, 0) is 83.9 Å². The van der Waals surface area contributed by atoms with E-state index in [1.165, 1.54) is 60.1 Å². The lowest BCUT2D eigenvalue weighted by Gasteiger charge is -2.23. The van der Waals surface area contributed by atoms with E-state index in [1.54, 1.807) is 0 Å². The van der Waals surface area contributed by atoms with Crippen LogP contribution in [0.5, 0.6) is 11.5 Å². The molecule has 1 aliphatic heterocycles. The molecule has 0 aliphatic carbocycles. The Balaban J connectivity index is 1.38. The molecular weight excluding hydrogens is 496 g/mol. The van der Waals surface area contributed by atoms with Crippen LogP contribution in [0.4, 0.5) is 0 Å². The molecule has 0 saturated heterocycles. The van der Waals surface area contributed by atoms with Crippen LogP contribution in [0.15, 0.2) is 127 Å². The molecular formula is C40H30O. The number of fused-ring (bicyclic) bond motifs is 4. The summed E-state index contributed by atoms with van der Waals surface area (Å²) in [6, 6.07) is 46.4. The molecule has 0 saturated carbocycles. The minimum Gasteiger partial charge on any atom is -0.456 e. The van der Waals surface area contributed by atoms with Gasteiger partial charge in [-0.15, -0.1) is 0 Å². The molecule has 1 nitrogen and oxygen atoms in total. The zero-order valence-corrected chi connectivity index (χ0v) is 23.5. The maximum Gasteiger partial charge on any atom is 0.135 e. The molecule has 0 N–H and O–H groups in total. The van der Waals surface area contributed by atoms with Crippen LogP contribution in [0.2, 0.25) is 0 Å². The summed E-state index contributed by atoms with van der Waals surface area (Å²) >= 11 is 0. The van der Waals surface area contributed by atoms with Crippen molar-refractivity contribution >= 4 is 32.3 Å². The van der Waals surface area contributed by atoms with Crippen LogP contribution in [-0.4, -0.2) is 0 Å². The molecule has 7 aromatic rings. The Kier molecular flexibility index (Phi) is 5.15. The fourth-order valence-electron chi connectivity index (χ4n) is 6.61. The van der Waals surface area contributed by atoms with Gasteiger partial charge in [-0.3, -0.25) is 0 Å². The Hall–Kier alpha value is -4.88. The van der Waals surface area contributed by atoms with Crippen LogP contribution in [0.3, 0.4) is 0 Å². The molecule has 0 bridgehead atoms. The molecule has 7 aromatic carbocycles. The van der Waals surface area contributed by atoms with Crippen LogP contribution in [0.1, 0.15) is 26.3 Å². The van der Waals surface area contributed by atoms with Crippen LogP contribution >= 0.6 is 0 Å². The second-order valence-corrected chi connectivity index (χ2v) is 12.1. The number of benzene rings is 7. The van der Waals surface area contributed by atoms with Gasteiger partial charge in [0.05, 0.1) is 0 Å². The van der Waals surface area contributed by atoms with Gasteiger partial charge < -0.3 is 4.74 Å². The van der Waals surface area contributed by atoms with E-state index in [4.69, 9.17) is 4.74 Å². The monoisotopic (exact) mass is 526 g/mol. The summed E-state index contributed by atoms with van der Waals surface area (Å²) in [4.78, 5) is 0. The van der Waals surface area contributed by atoms with Gasteiger partial charge in [-0.2, -0.15) is 0 Å². The van der Waals surface area contributed by atoms with Crippen molar-refractivity contribution in [3.8, 4) is 44.9 Å². The molecule has 0 radical (unpaired) electrons. The zero-order chi connectivity index (χ0) is 27.7. The number of hydrogen-bond acceptors (Lipinski definition) is 1. The SMILES string of the molecule is CC(C)(C)c1ccc(-c2c3ccccc3c(-c3ccc4c(c3)Oc3cccc5cccc-4c35)c3ccccc23)cc1. The first-order chi connectivity index (χ1) is 20.0. The third-order valence-electron chi connectivity index (χ3n) is 8.62. The largest absolute Gasteiger partial charge is 0.456 e. The van der Waals surface area contributed by atoms with Crippen molar-refractivity contribution in [2.75, 3.05) is 0 Å². The lowest BCUT2D eigenvalue weighted by atomic mass is 9.83. The summed E-state index contributed by atoms with van der Waals surface area (Å²) < 4.78 is 6.57. The molecule has 0 amide bonds. The molecule has 0 aromatic heterocycles. The smallest absolute Gasteiger partial charge is 0.135 e. The standard InChI is InChI=1S/C40H30O/c1-40(2,3)28-21-18-26(19-22-28)37-31-12-4-6-14-33(31)38(34-15-7-5-13-32(34)37)27-20-23-29-30-16-8-10-25-11-9-17-35(39(25)30)41-36(29)24-27/h4-24H,1-3H3. The van der Waals surface area contributed by atoms with Gasteiger partial charge in [0.2, 0.25) is 0 Å². The molecule has 0 atom stereocenters. The fraction of sp³-hybridized carbons (Fsp3) is 0.100. The van der Waals surface area contributed by atoms with Crippen LogP contribution in [-0.2, 0) is 5.41 Å². The Morgan fingerprint density at radius 3 is 1.63 bits per heavy atom. The number of ether oxygens (including phenoxy) is 1. The molecule has 8 rings (SSSR count). The van der Waals surface area contributed by atoms with Gasteiger partial charge in [0.15, 0.2) is 0 Å². The average molecular weight is 527 g/mol. The van der Waals surface area contributed by atoms with E-state index in [2.05, 4.69) is 148 Å². The number of hydrogen-bond donors (Lipinski definition) is 0. The van der Waals surface area contributed by atoms with Crippen LogP contribution in [0, 0.1) is 0 Å². The first-order valence-corrected chi connectivity index (χ1v) is 14.4. The lowest BCUT2D eigenvalue weighted by molar-refractivity contribution is 0.487. The maximum atomic E-state index is 6.57. The molecule has 1 heteroatoms. The second kappa shape index (κ2) is 8.81. The van der Waals surface area contributed by atoms with Crippen LogP contribution < -0.4 is 4.74 Å². The quantitative estimate of drug-likeness (QED) is 0.204. The molecule has 0 fully saturated rings. The zero-order valence-electron chi connectivity index (χ0n) is 23.5. The second-order valence-electron chi connectivity index (χ2n) is 12.1. The summed E-state index contributed by atoms with van der Waals surface area (Å²) in [5.74, 6) is 1.83. The summed E-state index contributed by atoms with van der Waals surface area (Å²) in [6.45, 7) is 6.80. The first kappa shape index (κ1) is 24.0. The summed E-state index contributed by atoms with van der Waals surface area (Å²) in [6.07, 6.45) is 0. The molecule has 1 heterocycles. The van der Waals surface area contributed by atoms with Gasteiger partial charge in [0.1, 0.15) is 11.5 Å². The normalized spacial score (nSPS) is 12.5. The summed E-state index contributed by atoms with van der Waals surface area (Å²) in [5.41, 5.74) is 8.78. The highest BCUT2D eigenvalue weighted by molar-refractivity contribution is 6.21. The highest BCUT2D eigenvalue weighted by Gasteiger charge is 2.22. The Labute approximate surface area is 240 Å². The van der Waals surface area contributed by atoms with Gasteiger partial charge >= 0.3 is 0 Å². The van der Waals surface area contributed by atoms with Gasteiger partial charge in [-0.25, -0.2) is 0 Å². The van der Waals surface area contributed by atoms with E-state index >= 15 is 0 Å². The Morgan fingerprint density at radius 2 is 1.02 bits per heavy atom. The van der Waals surface area contributed by atoms with E-state index in [0.717, 1.165) is 22.6 Å². The van der Waals surface area contributed by atoms with Gasteiger partial charge in [0, 0.05) is 10.9 Å². The van der Waals surface area contributed by atoms with E-state index in [0.29, 0.717) is 0 Å². The van der Waals surface area contributed by atoms with Crippen molar-refractivity contribution in [1.82, 2.24) is 0 Å². The van der Waals surface area contributed by atoms with E-state index in [-0.39, 0.29) is 5.41 Å². The van der Waals surface area contributed by atoms with E-state index in [9.17, 15) is 0 Å². The predicted octanol–water partition coefficient (Wildman–Crippen LogP) is 11.6. The minimum atomic E-state index is 0.118. The van der Waals surface area contributed by atoms with Gasteiger partial charge in [-0.1, -0.05) is 130 Å². The van der Waals surface area contributed by atoms with Crippen molar-refractivity contribution in [3.63, 3.8) is 0 Å². The fourth-order valence-corrected chi connectivity index (χ4v) is 6.61. The Morgan fingerprint density at radius 1 is 0.463 bits per heavy atom. The predicted molar refractivity (Wildman–Crippen MR) is 174 cm³/mol. The summed E-state index contributed by atoms with van der Waals surface area (Å²) in [7, 11) is 0. The third-order valence-corrected chi connectivity index (χ3v) is 8.62. The molecule has 41 heavy (non-hydrogen) atoms. The Bertz CT molecular complexity index is 2080. The highest BCUT2D eigenvalue weighted by Crippen LogP contribution is 2.49. The first-order valence-electron chi connectivity index (χ1n) is 14.4. The van der Waals surface area contributed by atoms with Crippen molar-refractivity contribution in [2.45, 2.75) is 26.2 Å². The highest BCUT2D eigenvalue weighted by atomic mass is 16.5. The minimum absolute atomic E-state index is 0.118. The van der Waals surface area contributed by atoms with E-state index < -0.39 is 0 Å². The average Bonchev–Trinajstić information content (AvgIpc) is 2.99. The summed E-state index contributed by atoms with van der Waals surface area (Å²) in [5, 5.41) is 7.42. The van der Waals surface area contributed by atoms with Crippen molar-refractivity contribution in [3.05, 3.63) is 133 Å². The van der Waals surface area contributed by atoms with Gasteiger partial charge in [0.25, 0.3) is 0 Å². The molecule has 196 valence electrons. The van der Waals surface area contributed by atoms with Crippen molar-refractivity contribution in [1.29, 1.82) is 0 Å².